The highest BCUT2D eigenvalue weighted by Crippen LogP contribution is 2.19. The van der Waals surface area contributed by atoms with Crippen LogP contribution >= 0.6 is 0 Å². The van der Waals surface area contributed by atoms with Crippen molar-refractivity contribution < 1.29 is 19.6 Å². The van der Waals surface area contributed by atoms with E-state index in [0.29, 0.717) is 11.1 Å². The number of aromatic carboxylic acids is 1. The van der Waals surface area contributed by atoms with Gasteiger partial charge in [0.05, 0.1) is 16.7 Å². The van der Waals surface area contributed by atoms with E-state index in [9.17, 15) is 19.7 Å². The first-order chi connectivity index (χ1) is 11.4. The molecule has 0 radical (unpaired) electrons. The van der Waals surface area contributed by atoms with E-state index in [-0.39, 0.29) is 16.8 Å². The molecule has 8 heteroatoms. The van der Waals surface area contributed by atoms with Gasteiger partial charge in [-0.2, -0.15) is 5.10 Å². The predicted molar refractivity (Wildman–Crippen MR) is 86.3 cm³/mol. The quantitative estimate of drug-likeness (QED) is 0.496. The van der Waals surface area contributed by atoms with E-state index in [1.807, 2.05) is 0 Å². The fourth-order valence-electron chi connectivity index (χ4n) is 1.98. The van der Waals surface area contributed by atoms with Gasteiger partial charge in [-0.15, -0.1) is 0 Å². The molecule has 0 atom stereocenters. The molecule has 0 bridgehead atoms. The number of carbonyl (C=O) groups is 2. The zero-order valence-electron chi connectivity index (χ0n) is 12.6. The van der Waals surface area contributed by atoms with E-state index >= 15 is 0 Å². The molecule has 0 aromatic heterocycles. The summed E-state index contributed by atoms with van der Waals surface area (Å²) in [5.74, 6) is -1.75. The number of amides is 1. The molecule has 0 aliphatic heterocycles. The van der Waals surface area contributed by atoms with Gasteiger partial charge in [-0.1, -0.05) is 24.3 Å². The molecule has 0 aliphatic carbocycles. The van der Waals surface area contributed by atoms with E-state index < -0.39 is 16.8 Å². The molecule has 0 saturated heterocycles. The summed E-state index contributed by atoms with van der Waals surface area (Å²) in [7, 11) is 0. The topological polar surface area (TPSA) is 122 Å². The van der Waals surface area contributed by atoms with Gasteiger partial charge in [0.25, 0.3) is 11.6 Å². The lowest BCUT2D eigenvalue weighted by Crippen LogP contribution is -2.18. The van der Waals surface area contributed by atoms with Gasteiger partial charge in [0.1, 0.15) is 0 Å². The molecule has 8 nitrogen and oxygen atoms in total. The smallest absolute Gasteiger partial charge is 0.336 e. The maximum Gasteiger partial charge on any atom is 0.336 e. The van der Waals surface area contributed by atoms with Crippen LogP contribution in [-0.2, 0) is 0 Å². The minimum atomic E-state index is -1.11. The monoisotopic (exact) mass is 327 g/mol. The van der Waals surface area contributed by atoms with Gasteiger partial charge >= 0.3 is 5.97 Å². The number of hydrazone groups is 1. The van der Waals surface area contributed by atoms with Gasteiger partial charge in [0, 0.05) is 22.8 Å². The van der Waals surface area contributed by atoms with Crippen LogP contribution in [0.4, 0.5) is 5.69 Å². The van der Waals surface area contributed by atoms with Crippen LogP contribution in [0.3, 0.4) is 0 Å². The third-order valence-electron chi connectivity index (χ3n) is 3.23. The van der Waals surface area contributed by atoms with Gasteiger partial charge in [-0.25, -0.2) is 10.2 Å². The molecule has 122 valence electrons. The number of rotatable bonds is 5. The number of carboxylic acid groups (broad SMARTS) is 1. The maximum atomic E-state index is 12.0. The molecule has 0 saturated carbocycles. The minimum absolute atomic E-state index is 0.0430. The number of benzene rings is 2. The summed E-state index contributed by atoms with van der Waals surface area (Å²) in [5, 5.41) is 23.6. The number of carboxylic acids is 1. The van der Waals surface area contributed by atoms with Crippen molar-refractivity contribution in [3.05, 3.63) is 74.8 Å². The first-order valence-corrected chi connectivity index (χ1v) is 6.81. The van der Waals surface area contributed by atoms with Gasteiger partial charge in [-0.3, -0.25) is 14.9 Å². The lowest BCUT2D eigenvalue weighted by Gasteiger charge is -2.03. The van der Waals surface area contributed by atoms with E-state index in [4.69, 9.17) is 5.11 Å². The third kappa shape index (κ3) is 3.80. The SMILES string of the molecule is Cc1ccc(C(=O)N/N=C\c2ccccc2C(=O)O)cc1[N+](=O)[O-]. The standard InChI is InChI=1S/C16H13N3O5/c1-10-6-7-11(8-14(10)19(23)24)15(20)18-17-9-12-4-2-3-5-13(12)16(21)22/h2-9H,1H3,(H,18,20)(H,21,22)/b17-9-. The molecule has 0 fully saturated rings. The Balaban J connectivity index is 2.15. The van der Waals surface area contributed by atoms with Crippen LogP contribution in [-0.4, -0.2) is 28.1 Å². The molecule has 0 heterocycles. The van der Waals surface area contributed by atoms with E-state index in [1.165, 1.54) is 30.5 Å². The highest BCUT2D eigenvalue weighted by molar-refractivity contribution is 5.99. The van der Waals surface area contributed by atoms with Crippen LogP contribution in [0.2, 0.25) is 0 Å². The number of nitrogens with zero attached hydrogens (tertiary/aromatic N) is 2. The Bertz CT molecular complexity index is 845. The largest absolute Gasteiger partial charge is 0.478 e. The highest BCUT2D eigenvalue weighted by atomic mass is 16.6. The molecule has 1 amide bonds. The Labute approximate surface area is 136 Å². The van der Waals surface area contributed by atoms with E-state index in [2.05, 4.69) is 10.5 Å². The average molecular weight is 327 g/mol. The van der Waals surface area contributed by atoms with Crippen LogP contribution in [0, 0.1) is 17.0 Å². The first-order valence-electron chi connectivity index (χ1n) is 6.81. The number of nitrogens with one attached hydrogen (secondary N) is 1. The Hall–Kier alpha value is -3.55. The predicted octanol–water partition coefficient (Wildman–Crippen LogP) is 2.37. The summed E-state index contributed by atoms with van der Waals surface area (Å²) in [6.07, 6.45) is 1.20. The minimum Gasteiger partial charge on any atom is -0.478 e. The Morgan fingerprint density at radius 2 is 1.96 bits per heavy atom. The number of aryl methyl sites for hydroxylation is 1. The van der Waals surface area contributed by atoms with Crippen LogP contribution in [0.15, 0.2) is 47.6 Å². The Kier molecular flexibility index (Phi) is 5.00. The Morgan fingerprint density at radius 3 is 2.62 bits per heavy atom. The molecular weight excluding hydrogens is 314 g/mol. The van der Waals surface area contributed by atoms with Crippen LogP contribution in [0.25, 0.3) is 0 Å². The second-order valence-electron chi connectivity index (χ2n) is 4.85. The van der Waals surface area contributed by atoms with Crippen LogP contribution in [0.1, 0.15) is 31.8 Å². The first kappa shape index (κ1) is 16.8. The van der Waals surface area contributed by atoms with Crippen molar-refractivity contribution in [2.45, 2.75) is 6.92 Å². The van der Waals surface area contributed by atoms with Crippen molar-refractivity contribution >= 4 is 23.8 Å². The van der Waals surface area contributed by atoms with Crippen molar-refractivity contribution in [3.63, 3.8) is 0 Å². The number of nitro groups is 1. The molecule has 2 aromatic rings. The average Bonchev–Trinajstić information content (AvgIpc) is 2.55. The highest BCUT2D eigenvalue weighted by Gasteiger charge is 2.14. The van der Waals surface area contributed by atoms with Crippen molar-refractivity contribution in [3.8, 4) is 0 Å². The van der Waals surface area contributed by atoms with Crippen molar-refractivity contribution in [1.82, 2.24) is 5.43 Å². The number of hydrogen-bond acceptors (Lipinski definition) is 5. The number of nitro benzene ring substituents is 1. The third-order valence-corrected chi connectivity index (χ3v) is 3.23. The number of carbonyl (C=O) groups excluding carboxylic acids is 1. The van der Waals surface area contributed by atoms with Crippen molar-refractivity contribution in [1.29, 1.82) is 0 Å². The second kappa shape index (κ2) is 7.14. The van der Waals surface area contributed by atoms with Crippen LogP contribution < -0.4 is 5.43 Å². The molecule has 24 heavy (non-hydrogen) atoms. The fraction of sp³-hybridized carbons (Fsp3) is 0.0625. The Morgan fingerprint density at radius 1 is 1.25 bits per heavy atom. The normalized spacial score (nSPS) is 10.5. The zero-order valence-corrected chi connectivity index (χ0v) is 12.6. The van der Waals surface area contributed by atoms with E-state index in [1.54, 1.807) is 19.1 Å². The van der Waals surface area contributed by atoms with Crippen molar-refractivity contribution in [2.24, 2.45) is 5.10 Å². The van der Waals surface area contributed by atoms with Crippen molar-refractivity contribution in [2.75, 3.05) is 0 Å². The number of hydrogen-bond donors (Lipinski definition) is 2. The summed E-state index contributed by atoms with van der Waals surface area (Å²) >= 11 is 0. The molecule has 0 aliphatic rings. The van der Waals surface area contributed by atoms with Gasteiger partial charge < -0.3 is 5.11 Å². The van der Waals surface area contributed by atoms with Gasteiger partial charge in [-0.05, 0) is 19.1 Å². The van der Waals surface area contributed by atoms with Gasteiger partial charge in [0.15, 0.2) is 0 Å². The lowest BCUT2D eigenvalue weighted by atomic mass is 10.1. The zero-order chi connectivity index (χ0) is 17.7. The van der Waals surface area contributed by atoms with E-state index in [0.717, 1.165) is 6.07 Å². The maximum absolute atomic E-state index is 12.0. The second-order valence-corrected chi connectivity index (χ2v) is 4.85. The summed E-state index contributed by atoms with van der Waals surface area (Å²) < 4.78 is 0. The summed E-state index contributed by atoms with van der Waals surface area (Å²) in [4.78, 5) is 33.4. The lowest BCUT2D eigenvalue weighted by molar-refractivity contribution is -0.385. The van der Waals surface area contributed by atoms with Crippen LogP contribution in [0.5, 0.6) is 0 Å². The molecule has 0 unspecified atom stereocenters. The summed E-state index contributed by atoms with van der Waals surface area (Å²) in [6.45, 7) is 1.57. The summed E-state index contributed by atoms with van der Waals surface area (Å²) in [6, 6.07) is 10.2. The fourth-order valence-corrected chi connectivity index (χ4v) is 1.98. The molecular formula is C16H13N3O5. The molecule has 2 N–H and O–H groups in total. The van der Waals surface area contributed by atoms with Gasteiger partial charge in [0.2, 0.25) is 0 Å². The molecule has 0 spiro atoms. The summed E-state index contributed by atoms with van der Waals surface area (Å²) in [5.41, 5.74) is 2.93. The molecule has 2 aromatic carbocycles. The molecule has 2 rings (SSSR count).